The third kappa shape index (κ3) is 5.72. The van der Waals surface area contributed by atoms with E-state index in [0.29, 0.717) is 0 Å². The van der Waals surface area contributed by atoms with E-state index in [2.05, 4.69) is 63.3 Å². The van der Waals surface area contributed by atoms with Crippen LogP contribution in [-0.2, 0) is 6.54 Å². The molecule has 2 aromatic rings. The highest BCUT2D eigenvalue weighted by Gasteiger charge is 2.06. The Morgan fingerprint density at radius 3 is 2.71 bits per heavy atom. The normalized spacial score (nSPS) is 12.9. The molecule has 2 rings (SSSR count). The molecule has 0 spiro atoms. The molecule has 1 heterocycles. The average Bonchev–Trinajstić information content (AvgIpc) is 3.00. The summed E-state index contributed by atoms with van der Waals surface area (Å²) in [6, 6.07) is 10.7. The molecule has 0 radical (unpaired) electrons. The van der Waals surface area contributed by atoms with Crippen molar-refractivity contribution in [1.29, 1.82) is 0 Å². The van der Waals surface area contributed by atoms with E-state index < -0.39 is 0 Å². The number of imidazole rings is 1. The maximum absolute atomic E-state index is 4.69. The van der Waals surface area contributed by atoms with Crippen LogP contribution in [0.15, 0.2) is 47.7 Å². The summed E-state index contributed by atoms with van der Waals surface area (Å²) < 4.78 is 2.19. The van der Waals surface area contributed by atoms with Gasteiger partial charge in [-0.25, -0.2) is 4.98 Å². The minimum atomic E-state index is 0.234. The highest BCUT2D eigenvalue weighted by molar-refractivity contribution is 5.80. The van der Waals surface area contributed by atoms with Crippen molar-refractivity contribution in [2.75, 3.05) is 13.1 Å². The van der Waals surface area contributed by atoms with Crippen LogP contribution in [0, 0.1) is 6.92 Å². The summed E-state index contributed by atoms with van der Waals surface area (Å²) in [6.45, 7) is 8.98. The van der Waals surface area contributed by atoms with E-state index in [1.807, 2.05) is 25.4 Å². The first-order valence-corrected chi connectivity index (χ1v) is 8.78. The van der Waals surface area contributed by atoms with Gasteiger partial charge in [-0.1, -0.05) is 30.3 Å². The summed E-state index contributed by atoms with van der Waals surface area (Å²) >= 11 is 0. The van der Waals surface area contributed by atoms with Gasteiger partial charge >= 0.3 is 0 Å². The van der Waals surface area contributed by atoms with E-state index in [0.717, 1.165) is 44.3 Å². The summed E-state index contributed by atoms with van der Waals surface area (Å²) in [4.78, 5) is 8.93. The summed E-state index contributed by atoms with van der Waals surface area (Å²) in [6.07, 6.45) is 6.06. The highest BCUT2D eigenvalue weighted by Crippen LogP contribution is 2.10. The molecular formula is C19H29N5. The van der Waals surface area contributed by atoms with Gasteiger partial charge in [0.25, 0.3) is 0 Å². The molecule has 0 saturated heterocycles. The van der Waals surface area contributed by atoms with Crippen LogP contribution in [0.2, 0.25) is 0 Å². The van der Waals surface area contributed by atoms with Crippen molar-refractivity contribution in [3.05, 3.63) is 54.1 Å². The molecular weight excluding hydrogens is 298 g/mol. The molecule has 1 aromatic carbocycles. The van der Waals surface area contributed by atoms with Crippen LogP contribution >= 0.6 is 0 Å². The molecule has 1 aromatic heterocycles. The van der Waals surface area contributed by atoms with Crippen molar-refractivity contribution in [2.45, 2.75) is 46.2 Å². The molecule has 5 nitrogen and oxygen atoms in total. The number of benzene rings is 1. The Morgan fingerprint density at radius 2 is 2.04 bits per heavy atom. The fourth-order valence-electron chi connectivity index (χ4n) is 2.58. The van der Waals surface area contributed by atoms with E-state index in [1.54, 1.807) is 0 Å². The fraction of sp³-hybridized carbons (Fsp3) is 0.474. The molecule has 2 N–H and O–H groups in total. The number of unbranched alkanes of at least 4 members (excludes halogenated alkanes) is 1. The number of aliphatic imine (C=N–C) groups is 1. The Bertz CT molecular complexity index is 618. The molecule has 0 aliphatic heterocycles. The summed E-state index contributed by atoms with van der Waals surface area (Å²) in [5, 5.41) is 6.79. The van der Waals surface area contributed by atoms with Gasteiger partial charge in [0.15, 0.2) is 5.96 Å². The molecule has 1 atom stereocenters. The molecule has 0 fully saturated rings. The molecule has 0 aliphatic rings. The van der Waals surface area contributed by atoms with Crippen molar-refractivity contribution in [2.24, 2.45) is 4.99 Å². The number of hydrogen-bond donors (Lipinski definition) is 2. The van der Waals surface area contributed by atoms with Crippen molar-refractivity contribution in [3.8, 4) is 0 Å². The van der Waals surface area contributed by atoms with Crippen LogP contribution < -0.4 is 10.6 Å². The lowest BCUT2D eigenvalue weighted by molar-refractivity contribution is 0.599. The molecule has 5 heteroatoms. The van der Waals surface area contributed by atoms with Crippen LogP contribution in [0.25, 0.3) is 0 Å². The molecule has 0 aliphatic carbocycles. The van der Waals surface area contributed by atoms with Crippen LogP contribution in [0.5, 0.6) is 0 Å². The monoisotopic (exact) mass is 327 g/mol. The predicted molar refractivity (Wildman–Crippen MR) is 100 cm³/mol. The van der Waals surface area contributed by atoms with Crippen LogP contribution in [0.4, 0.5) is 0 Å². The summed E-state index contributed by atoms with van der Waals surface area (Å²) in [5.74, 6) is 1.96. The van der Waals surface area contributed by atoms with Crippen LogP contribution in [0.1, 0.15) is 44.1 Å². The van der Waals surface area contributed by atoms with E-state index in [9.17, 15) is 0 Å². The SMILES string of the molecule is CCNC(=NCCCCn1ccnc1C)NC(C)c1ccccc1. The second-order valence-electron chi connectivity index (χ2n) is 5.91. The zero-order valence-electron chi connectivity index (χ0n) is 15.0. The standard InChI is InChI=1S/C19H29N5/c1-4-20-19(23-16(2)18-10-6-5-7-11-18)22-12-8-9-14-24-15-13-21-17(24)3/h5-7,10-11,13,15-16H,4,8-9,12,14H2,1-3H3,(H2,20,22,23). The Kier molecular flexibility index (Phi) is 7.33. The van der Waals surface area contributed by atoms with Gasteiger partial charge in [0.1, 0.15) is 5.82 Å². The molecule has 0 bridgehead atoms. The molecule has 130 valence electrons. The second kappa shape index (κ2) is 9.75. The van der Waals surface area contributed by atoms with Gasteiger partial charge in [0.05, 0.1) is 6.04 Å². The average molecular weight is 327 g/mol. The molecule has 24 heavy (non-hydrogen) atoms. The largest absolute Gasteiger partial charge is 0.357 e. The summed E-state index contributed by atoms with van der Waals surface area (Å²) in [7, 11) is 0. The van der Waals surface area contributed by atoms with Crippen molar-refractivity contribution in [1.82, 2.24) is 20.2 Å². The zero-order chi connectivity index (χ0) is 17.2. The number of nitrogens with one attached hydrogen (secondary N) is 2. The highest BCUT2D eigenvalue weighted by atomic mass is 15.2. The zero-order valence-corrected chi connectivity index (χ0v) is 15.0. The third-order valence-electron chi connectivity index (χ3n) is 4.00. The predicted octanol–water partition coefficient (Wildman–Crippen LogP) is 3.29. The summed E-state index contributed by atoms with van der Waals surface area (Å²) in [5.41, 5.74) is 1.26. The third-order valence-corrected chi connectivity index (χ3v) is 4.00. The Morgan fingerprint density at radius 1 is 1.25 bits per heavy atom. The van der Waals surface area contributed by atoms with Crippen LogP contribution in [-0.4, -0.2) is 28.6 Å². The lowest BCUT2D eigenvalue weighted by Crippen LogP contribution is -2.38. The quantitative estimate of drug-likeness (QED) is 0.444. The first kappa shape index (κ1) is 18.0. The van der Waals surface area contributed by atoms with Crippen molar-refractivity contribution < 1.29 is 0 Å². The molecule has 0 amide bonds. The fourth-order valence-corrected chi connectivity index (χ4v) is 2.58. The van der Waals surface area contributed by atoms with Crippen molar-refractivity contribution >= 4 is 5.96 Å². The minimum Gasteiger partial charge on any atom is -0.357 e. The maximum atomic E-state index is 4.69. The number of guanidine groups is 1. The smallest absolute Gasteiger partial charge is 0.191 e. The van der Waals surface area contributed by atoms with Gasteiger partial charge < -0.3 is 15.2 Å². The Balaban J connectivity index is 1.78. The Labute approximate surface area is 145 Å². The molecule has 1 unspecified atom stereocenters. The molecule has 0 saturated carbocycles. The van der Waals surface area contributed by atoms with E-state index in [4.69, 9.17) is 0 Å². The van der Waals surface area contributed by atoms with Gasteiger partial charge in [-0.05, 0) is 39.2 Å². The van der Waals surface area contributed by atoms with Crippen molar-refractivity contribution in [3.63, 3.8) is 0 Å². The Hall–Kier alpha value is -2.30. The van der Waals surface area contributed by atoms with Gasteiger partial charge in [-0.3, -0.25) is 4.99 Å². The minimum absolute atomic E-state index is 0.234. The number of aromatic nitrogens is 2. The van der Waals surface area contributed by atoms with E-state index >= 15 is 0 Å². The van der Waals surface area contributed by atoms with E-state index in [-0.39, 0.29) is 6.04 Å². The number of rotatable bonds is 8. The number of nitrogens with zero attached hydrogens (tertiary/aromatic N) is 3. The lowest BCUT2D eigenvalue weighted by Gasteiger charge is -2.18. The first-order chi connectivity index (χ1) is 11.7. The van der Waals surface area contributed by atoms with Gasteiger partial charge in [-0.2, -0.15) is 0 Å². The van der Waals surface area contributed by atoms with E-state index in [1.165, 1.54) is 5.56 Å². The maximum Gasteiger partial charge on any atom is 0.191 e. The van der Waals surface area contributed by atoms with Crippen LogP contribution in [0.3, 0.4) is 0 Å². The topological polar surface area (TPSA) is 54.2 Å². The van der Waals surface area contributed by atoms with Gasteiger partial charge in [0.2, 0.25) is 0 Å². The lowest BCUT2D eigenvalue weighted by atomic mass is 10.1. The van der Waals surface area contributed by atoms with Gasteiger partial charge in [0, 0.05) is 32.0 Å². The second-order valence-corrected chi connectivity index (χ2v) is 5.91. The number of hydrogen-bond acceptors (Lipinski definition) is 2. The van der Waals surface area contributed by atoms with Gasteiger partial charge in [-0.15, -0.1) is 0 Å². The first-order valence-electron chi connectivity index (χ1n) is 8.78. The number of aryl methyl sites for hydroxylation is 2.